The highest BCUT2D eigenvalue weighted by Gasteiger charge is 2.34. The zero-order valence-corrected chi connectivity index (χ0v) is 13.5. The highest BCUT2D eigenvalue weighted by Crippen LogP contribution is 2.24. The molecule has 122 valence electrons. The second kappa shape index (κ2) is 6.12. The van der Waals surface area contributed by atoms with Crippen LogP contribution in [0.2, 0.25) is 0 Å². The van der Waals surface area contributed by atoms with Gasteiger partial charge >= 0.3 is 0 Å². The number of carbonyl (C=O) groups excluding carboxylic acids is 3. The van der Waals surface area contributed by atoms with Gasteiger partial charge in [-0.15, -0.1) is 0 Å². The summed E-state index contributed by atoms with van der Waals surface area (Å²) in [6, 6.07) is 4.99. The van der Waals surface area contributed by atoms with Gasteiger partial charge in [0.25, 0.3) is 17.7 Å². The van der Waals surface area contributed by atoms with E-state index in [-0.39, 0.29) is 23.8 Å². The van der Waals surface area contributed by atoms with Crippen molar-refractivity contribution in [2.75, 3.05) is 26.7 Å². The standard InChI is InChI=1S/C17H21N3O3/c1-3-8-20(12-6-7-18-10-12)15(21)11-4-5-13-14(9-11)17(23)19(2)16(13)22/h4-5,9,12,18H,3,6-8,10H2,1-2H3. The first-order valence-electron chi connectivity index (χ1n) is 8.02. The molecule has 6 heteroatoms. The van der Waals surface area contributed by atoms with Gasteiger partial charge in [0.2, 0.25) is 0 Å². The SMILES string of the molecule is CCCN(C(=O)c1ccc2c(c1)C(=O)N(C)C2=O)C1CCNC1. The molecule has 1 atom stereocenters. The van der Waals surface area contributed by atoms with E-state index in [1.807, 2.05) is 11.8 Å². The van der Waals surface area contributed by atoms with Crippen LogP contribution >= 0.6 is 0 Å². The van der Waals surface area contributed by atoms with Gasteiger partial charge < -0.3 is 10.2 Å². The molecular weight excluding hydrogens is 294 g/mol. The van der Waals surface area contributed by atoms with Gasteiger partial charge in [-0.05, 0) is 37.6 Å². The van der Waals surface area contributed by atoms with Crippen LogP contribution in [-0.4, -0.2) is 60.2 Å². The Balaban J connectivity index is 1.90. The first-order chi connectivity index (χ1) is 11.0. The summed E-state index contributed by atoms with van der Waals surface area (Å²) in [6.45, 7) is 4.45. The lowest BCUT2D eigenvalue weighted by atomic mass is 10.0. The number of nitrogens with zero attached hydrogens (tertiary/aromatic N) is 2. The van der Waals surface area contributed by atoms with Crippen LogP contribution in [0.5, 0.6) is 0 Å². The number of rotatable bonds is 4. The number of imide groups is 1. The summed E-state index contributed by atoms with van der Waals surface area (Å²) in [5, 5.41) is 3.28. The third-order valence-corrected chi connectivity index (χ3v) is 4.54. The van der Waals surface area contributed by atoms with Crippen LogP contribution in [0.1, 0.15) is 50.8 Å². The molecular formula is C17H21N3O3. The van der Waals surface area contributed by atoms with E-state index in [9.17, 15) is 14.4 Å². The number of hydrogen-bond donors (Lipinski definition) is 1. The Morgan fingerprint density at radius 3 is 2.70 bits per heavy atom. The lowest BCUT2D eigenvalue weighted by molar-refractivity contribution is 0.0685. The van der Waals surface area contributed by atoms with Gasteiger partial charge in [-0.25, -0.2) is 0 Å². The number of nitrogens with one attached hydrogen (secondary N) is 1. The van der Waals surface area contributed by atoms with Crippen LogP contribution in [0.25, 0.3) is 0 Å². The normalized spacial score (nSPS) is 20.1. The summed E-state index contributed by atoms with van der Waals surface area (Å²) in [5.74, 6) is -0.725. The van der Waals surface area contributed by atoms with E-state index in [1.54, 1.807) is 18.2 Å². The molecule has 0 aromatic heterocycles. The maximum atomic E-state index is 12.9. The van der Waals surface area contributed by atoms with E-state index in [2.05, 4.69) is 5.32 Å². The molecule has 23 heavy (non-hydrogen) atoms. The zero-order valence-electron chi connectivity index (χ0n) is 13.5. The molecule has 0 bridgehead atoms. The molecule has 2 heterocycles. The van der Waals surface area contributed by atoms with Gasteiger partial charge in [-0.3, -0.25) is 19.3 Å². The molecule has 1 unspecified atom stereocenters. The predicted octanol–water partition coefficient (Wildman–Crippen LogP) is 1.13. The van der Waals surface area contributed by atoms with Gasteiger partial charge in [0.1, 0.15) is 0 Å². The molecule has 1 N–H and O–H groups in total. The molecule has 2 aliphatic heterocycles. The molecule has 0 aliphatic carbocycles. The van der Waals surface area contributed by atoms with E-state index in [4.69, 9.17) is 0 Å². The van der Waals surface area contributed by atoms with Crippen molar-refractivity contribution in [2.24, 2.45) is 0 Å². The average molecular weight is 315 g/mol. The fourth-order valence-corrected chi connectivity index (χ4v) is 3.26. The Morgan fingerprint density at radius 2 is 2.04 bits per heavy atom. The molecule has 1 saturated heterocycles. The highest BCUT2D eigenvalue weighted by molar-refractivity contribution is 6.21. The third kappa shape index (κ3) is 2.63. The summed E-state index contributed by atoms with van der Waals surface area (Å²) in [6.07, 6.45) is 1.82. The van der Waals surface area contributed by atoms with Gasteiger partial charge in [0, 0.05) is 31.7 Å². The molecule has 2 aliphatic rings. The maximum Gasteiger partial charge on any atom is 0.261 e. The minimum absolute atomic E-state index is 0.0712. The van der Waals surface area contributed by atoms with Gasteiger partial charge in [0.05, 0.1) is 11.1 Å². The second-order valence-electron chi connectivity index (χ2n) is 6.07. The first-order valence-corrected chi connectivity index (χ1v) is 8.02. The first kappa shape index (κ1) is 15.7. The average Bonchev–Trinajstić information content (AvgIpc) is 3.16. The zero-order chi connectivity index (χ0) is 16.6. The number of benzene rings is 1. The third-order valence-electron chi connectivity index (χ3n) is 4.54. The molecule has 0 spiro atoms. The van der Waals surface area contributed by atoms with E-state index < -0.39 is 0 Å². The van der Waals surface area contributed by atoms with Crippen molar-refractivity contribution in [3.05, 3.63) is 34.9 Å². The Bertz CT molecular complexity index is 665. The number of hydrogen-bond acceptors (Lipinski definition) is 4. The van der Waals surface area contributed by atoms with Crippen LogP contribution in [0.15, 0.2) is 18.2 Å². The van der Waals surface area contributed by atoms with E-state index in [0.29, 0.717) is 23.2 Å². The van der Waals surface area contributed by atoms with Crippen molar-refractivity contribution in [1.82, 2.24) is 15.1 Å². The lowest BCUT2D eigenvalue weighted by Gasteiger charge is -2.28. The quantitative estimate of drug-likeness (QED) is 0.846. The number of carbonyl (C=O) groups is 3. The summed E-state index contributed by atoms with van der Waals surface area (Å²) in [7, 11) is 1.46. The minimum Gasteiger partial charge on any atom is -0.334 e. The smallest absolute Gasteiger partial charge is 0.261 e. The molecule has 0 radical (unpaired) electrons. The van der Waals surface area contributed by atoms with Gasteiger partial charge in [0.15, 0.2) is 0 Å². The molecule has 1 aromatic rings. The fraction of sp³-hybridized carbons (Fsp3) is 0.471. The van der Waals surface area contributed by atoms with Gasteiger partial charge in [-0.1, -0.05) is 6.92 Å². The molecule has 6 nitrogen and oxygen atoms in total. The van der Waals surface area contributed by atoms with Crippen LogP contribution < -0.4 is 5.32 Å². The fourth-order valence-electron chi connectivity index (χ4n) is 3.26. The van der Waals surface area contributed by atoms with Crippen LogP contribution in [-0.2, 0) is 0 Å². The van der Waals surface area contributed by atoms with Crippen LogP contribution in [0, 0.1) is 0 Å². The summed E-state index contributed by atoms with van der Waals surface area (Å²) in [4.78, 5) is 39.9. The van der Waals surface area contributed by atoms with Crippen LogP contribution in [0.4, 0.5) is 0 Å². The summed E-state index contributed by atoms with van der Waals surface area (Å²) >= 11 is 0. The van der Waals surface area contributed by atoms with E-state index in [1.165, 1.54) is 7.05 Å². The minimum atomic E-state index is -0.343. The van der Waals surface area contributed by atoms with Crippen molar-refractivity contribution in [1.29, 1.82) is 0 Å². The van der Waals surface area contributed by atoms with Crippen molar-refractivity contribution < 1.29 is 14.4 Å². The maximum absolute atomic E-state index is 12.9. The molecule has 1 fully saturated rings. The lowest BCUT2D eigenvalue weighted by Crippen LogP contribution is -2.42. The second-order valence-corrected chi connectivity index (χ2v) is 6.07. The summed E-state index contributed by atoms with van der Waals surface area (Å²) in [5.41, 5.74) is 1.17. The van der Waals surface area contributed by atoms with Crippen LogP contribution in [0.3, 0.4) is 0 Å². The van der Waals surface area contributed by atoms with E-state index >= 15 is 0 Å². The Labute approximate surface area is 135 Å². The topological polar surface area (TPSA) is 69.7 Å². The molecule has 3 rings (SSSR count). The van der Waals surface area contributed by atoms with Crippen molar-refractivity contribution in [2.45, 2.75) is 25.8 Å². The number of amides is 3. The Morgan fingerprint density at radius 1 is 1.30 bits per heavy atom. The van der Waals surface area contributed by atoms with Gasteiger partial charge in [-0.2, -0.15) is 0 Å². The van der Waals surface area contributed by atoms with Crippen molar-refractivity contribution >= 4 is 17.7 Å². The molecule has 0 saturated carbocycles. The summed E-state index contributed by atoms with van der Waals surface area (Å²) < 4.78 is 0. The molecule has 1 aromatic carbocycles. The molecule has 3 amide bonds. The highest BCUT2D eigenvalue weighted by atomic mass is 16.2. The monoisotopic (exact) mass is 315 g/mol. The Kier molecular flexibility index (Phi) is 4.17. The largest absolute Gasteiger partial charge is 0.334 e. The number of fused-ring (bicyclic) bond motifs is 1. The Hall–Kier alpha value is -2.21. The van der Waals surface area contributed by atoms with Crippen molar-refractivity contribution in [3.63, 3.8) is 0 Å². The van der Waals surface area contributed by atoms with Crippen molar-refractivity contribution in [3.8, 4) is 0 Å². The van der Waals surface area contributed by atoms with E-state index in [0.717, 1.165) is 30.8 Å². The predicted molar refractivity (Wildman–Crippen MR) is 85.5 cm³/mol.